The molecule has 0 aromatic heterocycles. The van der Waals surface area contributed by atoms with Crippen molar-refractivity contribution in [3.63, 3.8) is 0 Å². The molecule has 0 saturated carbocycles. The standard InChI is InChI=1S/C14H8N2O8S2.C7H5O2.Hg.H2O/c17-13(18)9-5-7(1-3-11(9)15(21)22)25-26-8-2-4-12(16(23)24)10(6-8)14(19)20;8-7(9)6-4-2-1-3-5-6;;/h1-6H,(H,17,18)(H,19,20);2-5H,(H,8,9);;1H2/p-1. The molecule has 0 fully saturated rings. The molecule has 189 valence electrons. The first-order valence-corrected chi connectivity index (χ1v) is 14.3. The number of carbonyl (C=O) groups is 3. The Kier molecular flexibility index (Phi) is 12.1. The summed E-state index contributed by atoms with van der Waals surface area (Å²) in [4.78, 5) is 53.3. The summed E-state index contributed by atoms with van der Waals surface area (Å²) in [6.07, 6.45) is 0. The Hall–Kier alpha value is -3.53. The van der Waals surface area contributed by atoms with Crippen molar-refractivity contribution < 1.29 is 71.1 Å². The normalized spacial score (nSPS) is 9.78. The van der Waals surface area contributed by atoms with E-state index in [0.717, 1.165) is 45.9 Å². The average molecular weight is 735 g/mol. The first kappa shape index (κ1) is 31.5. The van der Waals surface area contributed by atoms with Crippen molar-refractivity contribution in [2.45, 2.75) is 9.79 Å². The Morgan fingerprint density at radius 1 is 0.730 bits per heavy atom. The number of hydrogen-bond donors (Lipinski definition) is 2. The number of benzene rings is 3. The van der Waals surface area contributed by atoms with Crippen molar-refractivity contribution in [1.29, 1.82) is 0 Å². The van der Waals surface area contributed by atoms with E-state index in [9.17, 15) is 39.7 Å². The van der Waals surface area contributed by atoms with Crippen molar-refractivity contribution in [2.75, 3.05) is 0 Å². The number of nitro groups is 2. The van der Waals surface area contributed by atoms with Crippen molar-refractivity contribution in [2.24, 2.45) is 0 Å². The number of carbonyl (C=O) groups excluding carboxylic acids is 1. The van der Waals surface area contributed by atoms with E-state index in [1.807, 2.05) is 12.1 Å². The fourth-order valence-corrected chi connectivity index (χ4v) is 5.42. The molecule has 37 heavy (non-hydrogen) atoms. The molecule has 0 spiro atoms. The van der Waals surface area contributed by atoms with Gasteiger partial charge in [0, 0.05) is 21.9 Å². The molecule has 0 unspecified atom stereocenters. The Labute approximate surface area is 231 Å². The number of nitrogens with zero attached hydrogens (tertiary/aromatic N) is 2. The van der Waals surface area contributed by atoms with Crippen LogP contribution in [0, 0.1) is 20.2 Å². The Bertz CT molecular complexity index is 1280. The second kappa shape index (κ2) is 14.3. The minimum absolute atomic E-state index is 0. The summed E-state index contributed by atoms with van der Waals surface area (Å²) in [6, 6.07) is 13.9. The molecule has 0 heterocycles. The zero-order valence-electron chi connectivity index (χ0n) is 18.4. The van der Waals surface area contributed by atoms with Crippen LogP contribution >= 0.6 is 21.6 Å². The molecule has 4 N–H and O–H groups in total. The van der Waals surface area contributed by atoms with Gasteiger partial charge >= 0.3 is 86.8 Å². The fourth-order valence-electron chi connectivity index (χ4n) is 2.53. The van der Waals surface area contributed by atoms with E-state index >= 15 is 0 Å². The molecule has 0 atom stereocenters. The van der Waals surface area contributed by atoms with E-state index in [1.54, 1.807) is 12.1 Å². The summed E-state index contributed by atoms with van der Waals surface area (Å²) in [7, 11) is 2.06. The zero-order valence-corrected chi connectivity index (χ0v) is 25.5. The van der Waals surface area contributed by atoms with Crippen molar-refractivity contribution in [1.82, 2.24) is 0 Å². The van der Waals surface area contributed by atoms with Gasteiger partial charge in [-0.05, 0) is 24.3 Å². The molecule has 0 bridgehead atoms. The summed E-state index contributed by atoms with van der Waals surface area (Å²) in [6.45, 7) is 0. The van der Waals surface area contributed by atoms with Crippen LogP contribution in [0.15, 0.2) is 70.5 Å². The number of carboxylic acids is 3. The summed E-state index contributed by atoms with van der Waals surface area (Å²) >= 11 is 0.575. The van der Waals surface area contributed by atoms with Crippen LogP contribution < -0.4 is 8.18 Å². The van der Waals surface area contributed by atoms with Crippen LogP contribution in [0.1, 0.15) is 31.1 Å². The van der Waals surface area contributed by atoms with Gasteiger partial charge in [0.15, 0.2) is 0 Å². The molecule has 3 aromatic rings. The van der Waals surface area contributed by atoms with Gasteiger partial charge in [-0.25, -0.2) is 9.59 Å². The van der Waals surface area contributed by atoms with Crippen LogP contribution in [-0.2, 0) is 26.1 Å². The van der Waals surface area contributed by atoms with Gasteiger partial charge in [0.1, 0.15) is 11.1 Å². The van der Waals surface area contributed by atoms with Crippen LogP contribution in [0.4, 0.5) is 11.4 Å². The van der Waals surface area contributed by atoms with E-state index < -0.39 is 50.3 Å². The van der Waals surface area contributed by atoms with Gasteiger partial charge in [0.25, 0.3) is 11.4 Å². The topological polar surface area (TPSA) is 233 Å². The molecule has 3 aromatic carbocycles. The van der Waals surface area contributed by atoms with E-state index in [2.05, 4.69) is 0 Å². The second-order valence-electron chi connectivity index (χ2n) is 6.63. The molecule has 0 aliphatic carbocycles. The van der Waals surface area contributed by atoms with Gasteiger partial charge in [-0.15, -0.1) is 0 Å². The van der Waals surface area contributed by atoms with E-state index in [4.69, 9.17) is 10.2 Å². The molecule has 3 rings (SSSR count). The average Bonchev–Trinajstić information content (AvgIpc) is 2.82. The molecule has 0 aliphatic heterocycles. The molecule has 0 saturated heterocycles. The fraction of sp³-hybridized carbons (Fsp3) is 0. The quantitative estimate of drug-likeness (QED) is 0.147. The van der Waals surface area contributed by atoms with Gasteiger partial charge in [0.2, 0.25) is 0 Å². The molecular weight excluding hydrogens is 721 g/mol. The third-order valence-electron chi connectivity index (χ3n) is 4.21. The second-order valence-corrected chi connectivity index (χ2v) is 12.1. The monoisotopic (exact) mass is 736 g/mol. The van der Waals surface area contributed by atoms with Gasteiger partial charge < -0.3 is 15.7 Å². The first-order chi connectivity index (χ1) is 16.9. The minimum atomic E-state index is -1.45. The zero-order chi connectivity index (χ0) is 27.0. The molecular formula is C21H14HgN2O11S2-. The third-order valence-corrected chi connectivity index (χ3v) is 8.43. The van der Waals surface area contributed by atoms with Gasteiger partial charge in [-0.2, -0.15) is 0 Å². The van der Waals surface area contributed by atoms with Crippen LogP contribution in [0.5, 0.6) is 0 Å². The van der Waals surface area contributed by atoms with Gasteiger partial charge in [0.05, 0.1) is 9.85 Å². The molecule has 0 amide bonds. The third kappa shape index (κ3) is 9.12. The van der Waals surface area contributed by atoms with Crippen LogP contribution in [0.3, 0.4) is 0 Å². The predicted octanol–water partition coefficient (Wildman–Crippen LogP) is 2.10. The van der Waals surface area contributed by atoms with Crippen molar-refractivity contribution in [3.8, 4) is 0 Å². The van der Waals surface area contributed by atoms with Gasteiger partial charge in [-0.1, -0.05) is 21.6 Å². The number of hydrogen-bond acceptors (Lipinski definition) is 10. The van der Waals surface area contributed by atoms with E-state index in [0.29, 0.717) is 35.9 Å². The molecule has 0 aliphatic rings. The van der Waals surface area contributed by atoms with Crippen LogP contribution in [0.25, 0.3) is 0 Å². The Morgan fingerprint density at radius 2 is 1.11 bits per heavy atom. The first-order valence-electron chi connectivity index (χ1n) is 9.42. The van der Waals surface area contributed by atoms with Crippen molar-refractivity contribution in [3.05, 3.63) is 97.6 Å². The predicted molar refractivity (Wildman–Crippen MR) is 126 cm³/mol. The van der Waals surface area contributed by atoms with Crippen molar-refractivity contribution >= 4 is 53.9 Å². The summed E-state index contributed by atoms with van der Waals surface area (Å²) in [5.41, 5.74) is -1.79. The summed E-state index contributed by atoms with van der Waals surface area (Å²) < 4.78 is 1.24. The van der Waals surface area contributed by atoms with Crippen LogP contribution in [-0.4, -0.2) is 43.4 Å². The van der Waals surface area contributed by atoms with Crippen LogP contribution in [0.2, 0.25) is 0 Å². The molecule has 0 radical (unpaired) electrons. The Balaban J connectivity index is 0.000000523. The Morgan fingerprint density at radius 3 is 1.41 bits per heavy atom. The maximum absolute atomic E-state index is 11.1. The molecule has 13 nitrogen and oxygen atoms in total. The number of carboxylic acid groups (broad SMARTS) is 3. The van der Waals surface area contributed by atoms with Gasteiger partial charge in [-0.3, -0.25) is 20.2 Å². The van der Waals surface area contributed by atoms with E-state index in [-0.39, 0.29) is 11.0 Å². The number of nitro benzene ring substituents is 2. The van der Waals surface area contributed by atoms with E-state index in [1.165, 1.54) is 15.2 Å². The summed E-state index contributed by atoms with van der Waals surface area (Å²) in [5, 5.41) is 50.0. The SMILES string of the molecule is O.O=C(O)c1cc(SSc2ccc([N+](=O)[O-])c(C(=O)O)c2)ccc1[N+](=O)[O-].O=C([O-])c1cc[c]([Hg])cc1. The number of rotatable bonds is 8. The molecule has 16 heteroatoms. The number of aromatic carboxylic acids is 3. The summed E-state index contributed by atoms with van der Waals surface area (Å²) in [5.74, 6) is -4.01. The maximum atomic E-state index is 11.1.